The molecular weight excluding hydrogens is 364 g/mol. The van der Waals surface area contributed by atoms with Crippen molar-refractivity contribution in [2.24, 2.45) is 0 Å². The summed E-state index contributed by atoms with van der Waals surface area (Å²) in [5.41, 5.74) is 5.15. The van der Waals surface area contributed by atoms with Crippen LogP contribution < -0.4 is 14.4 Å². The van der Waals surface area contributed by atoms with Crippen molar-refractivity contribution >= 4 is 5.95 Å². The molecule has 6 nitrogen and oxygen atoms in total. The average molecular weight is 395 g/mol. The van der Waals surface area contributed by atoms with Crippen molar-refractivity contribution in [3.05, 3.63) is 40.7 Å². The zero-order valence-electron chi connectivity index (χ0n) is 17.6. The lowest BCUT2D eigenvalue weighted by Crippen LogP contribution is -2.38. The van der Waals surface area contributed by atoms with E-state index in [1.807, 2.05) is 0 Å². The van der Waals surface area contributed by atoms with Gasteiger partial charge in [0, 0.05) is 49.9 Å². The molecule has 5 rings (SSSR count). The molecule has 0 spiro atoms. The summed E-state index contributed by atoms with van der Waals surface area (Å²) in [5, 5.41) is 0. The number of hydrogen-bond donors (Lipinski definition) is 0. The molecule has 0 N–H and O–H groups in total. The van der Waals surface area contributed by atoms with Gasteiger partial charge in [-0.3, -0.25) is 4.90 Å². The third kappa shape index (κ3) is 3.23. The highest BCUT2D eigenvalue weighted by atomic mass is 16.5. The van der Waals surface area contributed by atoms with E-state index in [1.54, 1.807) is 14.2 Å². The van der Waals surface area contributed by atoms with Gasteiger partial charge in [0.25, 0.3) is 0 Å². The first kappa shape index (κ1) is 18.7. The number of methoxy groups -OCH3 is 2. The van der Waals surface area contributed by atoms with E-state index >= 15 is 0 Å². The van der Waals surface area contributed by atoms with Crippen molar-refractivity contribution in [3.8, 4) is 11.5 Å². The normalized spacial score (nSPS) is 23.3. The van der Waals surface area contributed by atoms with Crippen LogP contribution in [0.5, 0.6) is 11.5 Å². The third-order valence-corrected chi connectivity index (χ3v) is 6.90. The van der Waals surface area contributed by atoms with E-state index in [1.165, 1.54) is 48.1 Å². The fourth-order valence-corrected chi connectivity index (χ4v) is 5.27. The van der Waals surface area contributed by atoms with Crippen molar-refractivity contribution in [1.82, 2.24) is 14.9 Å². The van der Waals surface area contributed by atoms with Gasteiger partial charge in [-0.05, 0) is 55.9 Å². The molecule has 1 aromatic heterocycles. The number of fused-ring (bicyclic) bond motifs is 4. The summed E-state index contributed by atoms with van der Waals surface area (Å²) < 4.78 is 11.0. The highest BCUT2D eigenvalue weighted by molar-refractivity contribution is 5.47. The Hall–Kier alpha value is -2.34. The Kier molecular flexibility index (Phi) is 4.82. The second-order valence-corrected chi connectivity index (χ2v) is 8.52. The molecule has 29 heavy (non-hydrogen) atoms. The van der Waals surface area contributed by atoms with Crippen LogP contribution in [0.3, 0.4) is 0 Å². The molecule has 6 heteroatoms. The molecule has 0 amide bonds. The molecule has 2 aromatic rings. The smallest absolute Gasteiger partial charge is 0.225 e. The molecule has 2 atom stereocenters. The second-order valence-electron chi connectivity index (χ2n) is 8.52. The van der Waals surface area contributed by atoms with E-state index in [9.17, 15) is 0 Å². The minimum atomic E-state index is 0.420. The van der Waals surface area contributed by atoms with E-state index in [4.69, 9.17) is 19.4 Å². The monoisotopic (exact) mass is 394 g/mol. The highest BCUT2D eigenvalue weighted by Crippen LogP contribution is 2.44. The predicted molar refractivity (Wildman–Crippen MR) is 113 cm³/mol. The number of ether oxygens (including phenoxy) is 2. The number of nitrogens with zero attached hydrogens (tertiary/aromatic N) is 4. The molecule has 2 fully saturated rings. The lowest BCUT2D eigenvalue weighted by Gasteiger charge is -2.36. The van der Waals surface area contributed by atoms with Gasteiger partial charge in [-0.15, -0.1) is 0 Å². The summed E-state index contributed by atoms with van der Waals surface area (Å²) in [6.07, 6.45) is 8.06. The zero-order chi connectivity index (χ0) is 20.0. The Morgan fingerprint density at radius 1 is 1.07 bits per heavy atom. The highest BCUT2D eigenvalue weighted by Gasteiger charge is 2.41. The van der Waals surface area contributed by atoms with Gasteiger partial charge in [0.15, 0.2) is 11.5 Å². The van der Waals surface area contributed by atoms with Crippen molar-refractivity contribution < 1.29 is 9.47 Å². The quantitative estimate of drug-likeness (QED) is 0.771. The Morgan fingerprint density at radius 3 is 2.59 bits per heavy atom. The largest absolute Gasteiger partial charge is 0.493 e. The maximum Gasteiger partial charge on any atom is 0.225 e. The molecule has 0 unspecified atom stereocenters. The minimum Gasteiger partial charge on any atom is -0.493 e. The molecule has 2 bridgehead atoms. The van der Waals surface area contributed by atoms with Crippen LogP contribution in [0, 0.1) is 6.92 Å². The molecule has 3 aliphatic heterocycles. The lowest BCUT2D eigenvalue weighted by atomic mass is 9.97. The summed E-state index contributed by atoms with van der Waals surface area (Å²) in [6, 6.07) is 5.19. The molecule has 154 valence electrons. The van der Waals surface area contributed by atoms with Crippen LogP contribution in [0.1, 0.15) is 54.1 Å². The van der Waals surface area contributed by atoms with Crippen molar-refractivity contribution in [2.45, 2.75) is 57.7 Å². The summed E-state index contributed by atoms with van der Waals surface area (Å²) in [4.78, 5) is 14.7. The first-order chi connectivity index (χ1) is 14.2. The Morgan fingerprint density at radius 2 is 1.83 bits per heavy atom. The lowest BCUT2D eigenvalue weighted by molar-refractivity contribution is 0.165. The van der Waals surface area contributed by atoms with E-state index in [0.717, 1.165) is 43.5 Å². The number of aryl methyl sites for hydroxylation is 1. The van der Waals surface area contributed by atoms with Crippen LogP contribution in [0.15, 0.2) is 18.3 Å². The van der Waals surface area contributed by atoms with Gasteiger partial charge in [0.1, 0.15) is 0 Å². The van der Waals surface area contributed by atoms with Crippen LogP contribution in [0.2, 0.25) is 0 Å². The van der Waals surface area contributed by atoms with E-state index in [0.29, 0.717) is 12.1 Å². The van der Waals surface area contributed by atoms with E-state index in [2.05, 4.69) is 35.1 Å². The van der Waals surface area contributed by atoms with Crippen molar-refractivity contribution in [3.63, 3.8) is 0 Å². The molecular formula is C23H30N4O2. The van der Waals surface area contributed by atoms with Crippen molar-refractivity contribution in [1.29, 1.82) is 0 Å². The van der Waals surface area contributed by atoms with Crippen LogP contribution >= 0.6 is 0 Å². The van der Waals surface area contributed by atoms with Crippen molar-refractivity contribution in [2.75, 3.05) is 32.2 Å². The molecule has 1 aromatic carbocycles. The Bertz CT molecular complexity index is 910. The predicted octanol–water partition coefficient (Wildman–Crippen LogP) is 3.66. The van der Waals surface area contributed by atoms with Gasteiger partial charge < -0.3 is 14.4 Å². The summed E-state index contributed by atoms with van der Waals surface area (Å²) >= 11 is 0. The molecule has 2 saturated heterocycles. The molecule has 0 saturated carbocycles. The summed E-state index contributed by atoms with van der Waals surface area (Å²) in [5.74, 6) is 2.53. The van der Waals surface area contributed by atoms with Gasteiger partial charge in [-0.2, -0.15) is 0 Å². The topological polar surface area (TPSA) is 50.7 Å². The second kappa shape index (κ2) is 7.48. The van der Waals surface area contributed by atoms with Crippen LogP contribution in [-0.4, -0.2) is 48.2 Å². The van der Waals surface area contributed by atoms with E-state index in [-0.39, 0.29) is 0 Å². The first-order valence-electron chi connectivity index (χ1n) is 10.8. The minimum absolute atomic E-state index is 0.420. The van der Waals surface area contributed by atoms with Crippen LogP contribution in [0.25, 0.3) is 0 Å². The summed E-state index contributed by atoms with van der Waals surface area (Å²) in [7, 11) is 3.39. The first-order valence-corrected chi connectivity index (χ1v) is 10.8. The van der Waals surface area contributed by atoms with Gasteiger partial charge in [-0.25, -0.2) is 9.97 Å². The Labute approximate surface area is 172 Å². The maximum atomic E-state index is 5.54. The average Bonchev–Trinajstić information content (AvgIpc) is 3.36. The fraction of sp³-hybridized carbons (Fsp3) is 0.565. The molecule has 0 aliphatic carbocycles. The molecule has 3 aliphatic rings. The fourth-order valence-electron chi connectivity index (χ4n) is 5.27. The SMILES string of the molecule is COc1cc(C)c(CN2[C@H]3CC[C@H]2c2cnc(N4CCCC4)nc2C3)cc1OC. The number of aromatic nitrogens is 2. The Balaban J connectivity index is 1.41. The number of rotatable bonds is 5. The van der Waals surface area contributed by atoms with Gasteiger partial charge in [0.05, 0.1) is 19.9 Å². The number of anilines is 1. The van der Waals surface area contributed by atoms with E-state index < -0.39 is 0 Å². The number of benzene rings is 1. The standard InChI is InChI=1S/C23H30N4O2/c1-15-10-21(28-2)22(29-3)11-16(15)14-27-17-6-7-20(27)18-13-24-23(25-19(18)12-17)26-8-4-5-9-26/h10-11,13,17,20H,4-9,12,14H2,1-3H3/t17-,20-/m0/s1. The molecule has 4 heterocycles. The van der Waals surface area contributed by atoms with Crippen LogP contribution in [0.4, 0.5) is 5.95 Å². The van der Waals surface area contributed by atoms with Gasteiger partial charge in [0.2, 0.25) is 5.95 Å². The van der Waals surface area contributed by atoms with Crippen LogP contribution in [-0.2, 0) is 13.0 Å². The maximum absolute atomic E-state index is 5.54. The third-order valence-electron chi connectivity index (χ3n) is 6.90. The van der Waals surface area contributed by atoms with Gasteiger partial charge >= 0.3 is 0 Å². The zero-order valence-corrected chi connectivity index (χ0v) is 17.6. The molecule has 0 radical (unpaired) electrons. The van der Waals surface area contributed by atoms with Gasteiger partial charge in [-0.1, -0.05) is 0 Å². The summed E-state index contributed by atoms with van der Waals surface area (Å²) in [6.45, 7) is 5.27. The number of hydrogen-bond acceptors (Lipinski definition) is 6.